The molecule has 0 spiro atoms. The normalized spacial score (nSPS) is 14.4. The summed E-state index contributed by atoms with van der Waals surface area (Å²) in [4.78, 5) is 21.0. The minimum Gasteiger partial charge on any atom is -0.465 e. The van der Waals surface area contributed by atoms with E-state index in [0.717, 1.165) is 0 Å². The van der Waals surface area contributed by atoms with Gasteiger partial charge in [0.1, 0.15) is 5.70 Å². The number of esters is 1. The van der Waals surface area contributed by atoms with E-state index in [1.165, 1.54) is 25.5 Å². The summed E-state index contributed by atoms with van der Waals surface area (Å²) in [7, 11) is 1.29. The van der Waals surface area contributed by atoms with E-state index < -0.39 is 5.97 Å². The highest BCUT2D eigenvalue weighted by molar-refractivity contribution is 5.92. The largest absolute Gasteiger partial charge is 0.465 e. The van der Waals surface area contributed by atoms with Crippen LogP contribution in [-0.2, 0) is 14.3 Å². The van der Waals surface area contributed by atoms with E-state index in [-0.39, 0.29) is 0 Å². The molecule has 12 heavy (non-hydrogen) atoms. The van der Waals surface area contributed by atoms with E-state index in [4.69, 9.17) is 0 Å². The lowest BCUT2D eigenvalue weighted by Gasteiger charge is -2.06. The summed E-state index contributed by atoms with van der Waals surface area (Å²) < 4.78 is 4.45. The van der Waals surface area contributed by atoms with E-state index >= 15 is 0 Å². The van der Waals surface area contributed by atoms with Gasteiger partial charge in [-0.15, -0.1) is 0 Å². The number of methoxy groups -OCH3 is 1. The van der Waals surface area contributed by atoms with Gasteiger partial charge in [-0.2, -0.15) is 0 Å². The lowest BCUT2D eigenvalue weighted by Crippen LogP contribution is -2.13. The molecule has 1 aliphatic rings. The average Bonchev–Trinajstić information content (AvgIpc) is 2.17. The molecule has 0 amide bonds. The minimum absolute atomic E-state index is 0.294. The highest BCUT2D eigenvalue weighted by Gasteiger charge is 2.09. The predicted octanol–water partition coefficient (Wildman–Crippen LogP) is -0.0818. The minimum atomic E-state index is -0.441. The molecule has 4 nitrogen and oxygen atoms in total. The summed E-state index contributed by atoms with van der Waals surface area (Å²) in [6.07, 6.45) is 4.34. The van der Waals surface area contributed by atoms with Crippen LogP contribution in [0.1, 0.15) is 0 Å². The van der Waals surface area contributed by atoms with Gasteiger partial charge in [-0.1, -0.05) is 0 Å². The summed E-state index contributed by atoms with van der Waals surface area (Å²) >= 11 is 0. The number of hydrogen-bond donors (Lipinski definition) is 1. The number of allylic oxidation sites excluding steroid dienone is 1. The molecule has 0 aliphatic carbocycles. The first-order chi connectivity index (χ1) is 5.77. The molecule has 0 aromatic rings. The fourth-order valence-electron chi connectivity index (χ4n) is 0.733. The van der Waals surface area contributed by atoms with Crippen molar-refractivity contribution in [3.63, 3.8) is 0 Å². The molecule has 0 fully saturated rings. The van der Waals surface area contributed by atoms with Gasteiger partial charge in [0, 0.05) is 6.20 Å². The molecule has 0 bridgehead atoms. The standard InChI is InChI=1S/C8H7NO3/c1-12-8(11)6-2-3-7(5-10)9-4-6/h2-4,9H,1H3. The molecule has 1 aliphatic heterocycles. The van der Waals surface area contributed by atoms with Gasteiger partial charge >= 0.3 is 5.97 Å². The van der Waals surface area contributed by atoms with Crippen LogP contribution in [0, 0.1) is 0 Å². The Morgan fingerprint density at radius 2 is 2.33 bits per heavy atom. The fraction of sp³-hybridized carbons (Fsp3) is 0.125. The second kappa shape index (κ2) is 3.55. The third-order valence-corrected chi connectivity index (χ3v) is 1.34. The lowest BCUT2D eigenvalue weighted by molar-refractivity contribution is -0.135. The molecule has 0 aromatic heterocycles. The van der Waals surface area contributed by atoms with E-state index in [2.05, 4.69) is 10.1 Å². The molecule has 1 N–H and O–H groups in total. The fourth-order valence-corrected chi connectivity index (χ4v) is 0.733. The lowest BCUT2D eigenvalue weighted by atomic mass is 10.2. The molecule has 0 saturated heterocycles. The highest BCUT2D eigenvalue weighted by Crippen LogP contribution is 2.05. The molecule has 62 valence electrons. The van der Waals surface area contributed by atoms with Crippen molar-refractivity contribution in [1.29, 1.82) is 0 Å². The SMILES string of the molecule is COC(=O)C1=CNC(=C=O)C=C1. The maximum atomic E-state index is 10.9. The molecule has 1 heterocycles. The monoisotopic (exact) mass is 165 g/mol. The van der Waals surface area contributed by atoms with Gasteiger partial charge in [0.25, 0.3) is 0 Å². The van der Waals surface area contributed by atoms with Gasteiger partial charge in [0.05, 0.1) is 12.7 Å². The van der Waals surface area contributed by atoms with Crippen LogP contribution in [0.5, 0.6) is 0 Å². The summed E-state index contributed by atoms with van der Waals surface area (Å²) in [6.45, 7) is 0. The van der Waals surface area contributed by atoms with Gasteiger partial charge in [0.2, 0.25) is 0 Å². The summed E-state index contributed by atoms with van der Waals surface area (Å²) in [5.41, 5.74) is 0.666. The molecule has 1 rings (SSSR count). The first kappa shape index (κ1) is 8.30. The Bertz CT molecular complexity index is 308. The first-order valence-electron chi connectivity index (χ1n) is 3.26. The van der Waals surface area contributed by atoms with Crippen molar-refractivity contribution in [2.24, 2.45) is 0 Å². The van der Waals surface area contributed by atoms with Crippen LogP contribution >= 0.6 is 0 Å². The Morgan fingerprint density at radius 3 is 2.75 bits per heavy atom. The Kier molecular flexibility index (Phi) is 2.46. The van der Waals surface area contributed by atoms with Crippen LogP contribution in [0.15, 0.2) is 29.6 Å². The van der Waals surface area contributed by atoms with Crippen LogP contribution in [0.4, 0.5) is 0 Å². The number of carbonyl (C=O) groups is 1. The molecule has 0 atom stereocenters. The summed E-state index contributed by atoms with van der Waals surface area (Å²) in [5, 5.41) is 2.58. The van der Waals surface area contributed by atoms with Crippen molar-refractivity contribution < 1.29 is 14.3 Å². The van der Waals surface area contributed by atoms with Gasteiger partial charge in [-0.25, -0.2) is 9.59 Å². The van der Waals surface area contributed by atoms with Gasteiger partial charge in [-0.05, 0) is 12.2 Å². The van der Waals surface area contributed by atoms with Crippen molar-refractivity contribution in [3.05, 3.63) is 29.6 Å². The summed E-state index contributed by atoms with van der Waals surface area (Å²) in [5.74, 6) is 1.21. The molecule has 4 heteroatoms. The number of carbonyl (C=O) groups excluding carboxylic acids is 2. The Labute approximate surface area is 69.2 Å². The van der Waals surface area contributed by atoms with Crippen LogP contribution in [0.3, 0.4) is 0 Å². The van der Waals surface area contributed by atoms with Crippen molar-refractivity contribution in [3.8, 4) is 0 Å². The van der Waals surface area contributed by atoms with Crippen molar-refractivity contribution in [2.45, 2.75) is 0 Å². The molecule has 0 radical (unpaired) electrons. The molecular weight excluding hydrogens is 158 g/mol. The maximum absolute atomic E-state index is 10.9. The third kappa shape index (κ3) is 1.62. The average molecular weight is 165 g/mol. The Morgan fingerprint density at radius 1 is 1.58 bits per heavy atom. The topological polar surface area (TPSA) is 55.4 Å². The number of nitrogens with one attached hydrogen (secondary N) is 1. The van der Waals surface area contributed by atoms with Gasteiger partial charge in [0.15, 0.2) is 5.94 Å². The molecular formula is C8H7NO3. The number of hydrogen-bond acceptors (Lipinski definition) is 4. The summed E-state index contributed by atoms with van der Waals surface area (Å²) in [6, 6.07) is 0. The molecule has 0 unspecified atom stereocenters. The van der Waals surface area contributed by atoms with Crippen molar-refractivity contribution in [1.82, 2.24) is 5.32 Å². The van der Waals surface area contributed by atoms with Gasteiger partial charge in [-0.3, -0.25) is 0 Å². The second-order valence-corrected chi connectivity index (χ2v) is 2.08. The zero-order valence-electron chi connectivity index (χ0n) is 6.46. The highest BCUT2D eigenvalue weighted by atomic mass is 16.5. The van der Waals surface area contributed by atoms with Crippen LogP contribution in [0.25, 0.3) is 0 Å². The Balaban J connectivity index is 2.77. The Hall–Kier alpha value is -1.80. The van der Waals surface area contributed by atoms with E-state index in [0.29, 0.717) is 11.3 Å². The zero-order chi connectivity index (χ0) is 8.97. The smallest absolute Gasteiger partial charge is 0.339 e. The second-order valence-electron chi connectivity index (χ2n) is 2.08. The predicted molar refractivity (Wildman–Crippen MR) is 41.6 cm³/mol. The van der Waals surface area contributed by atoms with E-state index in [9.17, 15) is 9.59 Å². The van der Waals surface area contributed by atoms with Crippen molar-refractivity contribution in [2.75, 3.05) is 7.11 Å². The van der Waals surface area contributed by atoms with E-state index in [1.807, 2.05) is 0 Å². The zero-order valence-corrected chi connectivity index (χ0v) is 6.46. The quantitative estimate of drug-likeness (QED) is 0.436. The number of rotatable bonds is 1. The molecule has 0 aromatic carbocycles. The van der Waals surface area contributed by atoms with Crippen LogP contribution in [0.2, 0.25) is 0 Å². The van der Waals surface area contributed by atoms with Crippen LogP contribution in [-0.4, -0.2) is 19.0 Å². The number of ether oxygens (including phenoxy) is 1. The third-order valence-electron chi connectivity index (χ3n) is 1.34. The number of dihydropyridines is 1. The maximum Gasteiger partial charge on any atom is 0.339 e. The van der Waals surface area contributed by atoms with Gasteiger partial charge < -0.3 is 10.1 Å². The van der Waals surface area contributed by atoms with E-state index in [1.54, 1.807) is 5.94 Å². The first-order valence-corrected chi connectivity index (χ1v) is 3.26. The molecule has 0 saturated carbocycles. The van der Waals surface area contributed by atoms with Crippen LogP contribution < -0.4 is 5.32 Å². The van der Waals surface area contributed by atoms with Crippen molar-refractivity contribution >= 4 is 11.9 Å².